The zero-order chi connectivity index (χ0) is 12.4. The molecule has 0 spiro atoms. The fourth-order valence-electron chi connectivity index (χ4n) is 1.89. The maximum absolute atomic E-state index is 5.76. The predicted molar refractivity (Wildman–Crippen MR) is 71.2 cm³/mol. The van der Waals surface area contributed by atoms with Crippen LogP contribution in [0.4, 0.5) is 5.69 Å². The molecule has 1 aromatic carbocycles. The average molecular weight is 236 g/mol. The molecule has 0 amide bonds. The fraction of sp³-hybridized carbons (Fsp3) is 0. The van der Waals surface area contributed by atoms with Crippen molar-refractivity contribution in [2.24, 2.45) is 0 Å². The second-order valence-corrected chi connectivity index (χ2v) is 3.97. The monoisotopic (exact) mass is 236 g/mol. The van der Waals surface area contributed by atoms with E-state index >= 15 is 0 Å². The Morgan fingerprint density at radius 2 is 1.83 bits per heavy atom. The van der Waals surface area contributed by atoms with Crippen LogP contribution in [0.1, 0.15) is 0 Å². The van der Waals surface area contributed by atoms with Gasteiger partial charge in [0.15, 0.2) is 0 Å². The van der Waals surface area contributed by atoms with Gasteiger partial charge in [0, 0.05) is 18.0 Å². The minimum Gasteiger partial charge on any atom is -0.397 e. The molecule has 4 heteroatoms. The van der Waals surface area contributed by atoms with Gasteiger partial charge in [-0.1, -0.05) is 18.2 Å². The number of aromatic nitrogens is 3. The number of hydrogen-bond acceptors (Lipinski definition) is 3. The van der Waals surface area contributed by atoms with Crippen molar-refractivity contribution in [2.75, 3.05) is 5.73 Å². The number of rotatable bonds is 2. The highest BCUT2D eigenvalue weighted by atomic mass is 15.3. The van der Waals surface area contributed by atoms with E-state index in [2.05, 4.69) is 10.1 Å². The van der Waals surface area contributed by atoms with Crippen LogP contribution in [0.2, 0.25) is 0 Å². The molecule has 0 unspecified atom stereocenters. The van der Waals surface area contributed by atoms with Crippen molar-refractivity contribution in [3.63, 3.8) is 0 Å². The van der Waals surface area contributed by atoms with E-state index in [1.165, 1.54) is 0 Å². The van der Waals surface area contributed by atoms with E-state index in [-0.39, 0.29) is 0 Å². The van der Waals surface area contributed by atoms with E-state index in [0.717, 1.165) is 16.9 Å². The van der Waals surface area contributed by atoms with Crippen LogP contribution in [0.25, 0.3) is 16.9 Å². The number of para-hydroxylation sites is 1. The molecule has 2 N–H and O–H groups in total. The number of anilines is 1. The molecule has 0 saturated heterocycles. The Balaban J connectivity index is 2.13. The summed E-state index contributed by atoms with van der Waals surface area (Å²) in [4.78, 5) is 4.11. The van der Waals surface area contributed by atoms with Crippen LogP contribution in [0.3, 0.4) is 0 Å². The number of nitrogen functional groups attached to an aromatic ring is 1. The minimum absolute atomic E-state index is 0.647. The van der Waals surface area contributed by atoms with Gasteiger partial charge < -0.3 is 5.73 Å². The largest absolute Gasteiger partial charge is 0.397 e. The number of pyridine rings is 1. The van der Waals surface area contributed by atoms with Crippen molar-refractivity contribution >= 4 is 5.69 Å². The van der Waals surface area contributed by atoms with Crippen molar-refractivity contribution in [3.8, 4) is 16.9 Å². The standard InChI is InChI=1S/C14H12N4/c15-12-8-11(9-16-10-12)14-6-7-17-18(14)13-4-2-1-3-5-13/h1-10H,15H2. The summed E-state index contributed by atoms with van der Waals surface area (Å²) in [5.74, 6) is 0. The van der Waals surface area contributed by atoms with Gasteiger partial charge in [0.25, 0.3) is 0 Å². The normalized spacial score (nSPS) is 10.4. The van der Waals surface area contributed by atoms with Crippen molar-refractivity contribution in [2.45, 2.75) is 0 Å². The third-order valence-corrected chi connectivity index (χ3v) is 2.70. The van der Waals surface area contributed by atoms with E-state index in [9.17, 15) is 0 Å². The van der Waals surface area contributed by atoms with Crippen LogP contribution in [0.5, 0.6) is 0 Å². The van der Waals surface area contributed by atoms with Crippen molar-refractivity contribution < 1.29 is 0 Å². The molecule has 0 aliphatic carbocycles. The maximum Gasteiger partial charge on any atom is 0.0757 e. The molecule has 3 aromatic rings. The third-order valence-electron chi connectivity index (χ3n) is 2.70. The molecule has 0 bridgehead atoms. The second kappa shape index (κ2) is 4.33. The van der Waals surface area contributed by atoms with Gasteiger partial charge in [0.05, 0.1) is 23.3 Å². The molecule has 0 radical (unpaired) electrons. The molecular formula is C14H12N4. The smallest absolute Gasteiger partial charge is 0.0757 e. The first-order valence-electron chi connectivity index (χ1n) is 5.65. The summed E-state index contributed by atoms with van der Waals surface area (Å²) in [7, 11) is 0. The molecule has 2 heterocycles. The second-order valence-electron chi connectivity index (χ2n) is 3.97. The first kappa shape index (κ1) is 10.5. The van der Waals surface area contributed by atoms with Crippen molar-refractivity contribution in [3.05, 3.63) is 61.1 Å². The SMILES string of the molecule is Nc1cncc(-c2ccnn2-c2ccccc2)c1. The zero-order valence-corrected chi connectivity index (χ0v) is 9.69. The molecule has 3 rings (SSSR count). The van der Waals surface area contributed by atoms with Gasteiger partial charge in [0.1, 0.15) is 0 Å². The van der Waals surface area contributed by atoms with Crippen LogP contribution in [-0.2, 0) is 0 Å². The van der Waals surface area contributed by atoms with Gasteiger partial charge in [-0.05, 0) is 24.3 Å². The van der Waals surface area contributed by atoms with Gasteiger partial charge in [-0.15, -0.1) is 0 Å². The molecule has 0 atom stereocenters. The molecule has 0 saturated carbocycles. The summed E-state index contributed by atoms with van der Waals surface area (Å²) in [6, 6.07) is 13.8. The summed E-state index contributed by atoms with van der Waals surface area (Å²) < 4.78 is 1.87. The Morgan fingerprint density at radius 3 is 2.61 bits per heavy atom. The fourth-order valence-corrected chi connectivity index (χ4v) is 1.89. The summed E-state index contributed by atoms with van der Waals surface area (Å²) in [6.07, 6.45) is 5.19. The van der Waals surface area contributed by atoms with Crippen molar-refractivity contribution in [1.29, 1.82) is 0 Å². The molecule has 88 valence electrons. The lowest BCUT2D eigenvalue weighted by Crippen LogP contribution is -1.99. The number of nitrogens with two attached hydrogens (primary N) is 1. The Hall–Kier alpha value is -2.62. The summed E-state index contributed by atoms with van der Waals surface area (Å²) in [5, 5.41) is 4.34. The Kier molecular flexibility index (Phi) is 2.53. The molecule has 2 aromatic heterocycles. The van der Waals surface area contributed by atoms with Gasteiger partial charge in [-0.25, -0.2) is 4.68 Å². The zero-order valence-electron chi connectivity index (χ0n) is 9.69. The summed E-state index contributed by atoms with van der Waals surface area (Å²) in [5.41, 5.74) is 9.35. The highest BCUT2D eigenvalue weighted by Gasteiger charge is 2.07. The van der Waals surface area contributed by atoms with Crippen molar-refractivity contribution in [1.82, 2.24) is 14.8 Å². The number of hydrogen-bond donors (Lipinski definition) is 1. The summed E-state index contributed by atoms with van der Waals surface area (Å²) >= 11 is 0. The Morgan fingerprint density at radius 1 is 1.00 bits per heavy atom. The lowest BCUT2D eigenvalue weighted by Gasteiger charge is -2.07. The highest BCUT2D eigenvalue weighted by molar-refractivity contribution is 5.64. The van der Waals surface area contributed by atoms with Crippen LogP contribution >= 0.6 is 0 Å². The summed E-state index contributed by atoms with van der Waals surface area (Å²) in [6.45, 7) is 0. The van der Waals surface area contributed by atoms with Gasteiger partial charge >= 0.3 is 0 Å². The van der Waals surface area contributed by atoms with E-state index in [1.807, 2.05) is 47.1 Å². The average Bonchev–Trinajstić information content (AvgIpc) is 2.89. The van der Waals surface area contributed by atoms with E-state index in [1.54, 1.807) is 18.6 Å². The molecule has 0 aliphatic rings. The Labute approximate surface area is 105 Å². The van der Waals surface area contributed by atoms with E-state index < -0.39 is 0 Å². The first-order chi connectivity index (χ1) is 8.84. The van der Waals surface area contributed by atoms with Crippen LogP contribution < -0.4 is 5.73 Å². The third kappa shape index (κ3) is 1.84. The molecule has 0 fully saturated rings. The minimum atomic E-state index is 0.647. The molecule has 4 nitrogen and oxygen atoms in total. The topological polar surface area (TPSA) is 56.7 Å². The Bertz CT molecular complexity index is 658. The van der Waals surface area contributed by atoms with Gasteiger partial charge in [-0.2, -0.15) is 5.10 Å². The predicted octanol–water partition coefficient (Wildman–Crippen LogP) is 2.52. The van der Waals surface area contributed by atoms with Crippen LogP contribution in [-0.4, -0.2) is 14.8 Å². The first-order valence-corrected chi connectivity index (χ1v) is 5.65. The number of benzene rings is 1. The maximum atomic E-state index is 5.76. The molecule has 18 heavy (non-hydrogen) atoms. The lowest BCUT2D eigenvalue weighted by molar-refractivity contribution is 0.887. The highest BCUT2D eigenvalue weighted by Crippen LogP contribution is 2.22. The van der Waals surface area contributed by atoms with Crippen LogP contribution in [0, 0.1) is 0 Å². The van der Waals surface area contributed by atoms with Gasteiger partial charge in [0.2, 0.25) is 0 Å². The molecular weight excluding hydrogens is 224 g/mol. The van der Waals surface area contributed by atoms with Crippen LogP contribution in [0.15, 0.2) is 61.1 Å². The molecule has 0 aliphatic heterocycles. The lowest BCUT2D eigenvalue weighted by atomic mass is 10.2. The van der Waals surface area contributed by atoms with Gasteiger partial charge in [-0.3, -0.25) is 4.98 Å². The van der Waals surface area contributed by atoms with E-state index in [0.29, 0.717) is 5.69 Å². The quantitative estimate of drug-likeness (QED) is 0.743. The number of nitrogens with zero attached hydrogens (tertiary/aromatic N) is 3. The van der Waals surface area contributed by atoms with E-state index in [4.69, 9.17) is 5.73 Å².